The standard InChI is InChI=1S/C11H21NO2/c13-8-9-4-1-2-7-12(9)10-5-3-6-11(10)14/h9-11,13-14H,1-8H2. The molecule has 3 heteroatoms. The van der Waals surface area contributed by atoms with Crippen molar-refractivity contribution in [3.05, 3.63) is 0 Å². The molecule has 0 amide bonds. The van der Waals surface area contributed by atoms with Gasteiger partial charge in [0.1, 0.15) is 0 Å². The minimum atomic E-state index is -0.151. The highest BCUT2D eigenvalue weighted by Crippen LogP contribution is 2.29. The Kier molecular flexibility index (Phi) is 3.42. The van der Waals surface area contributed by atoms with Crippen LogP contribution in [0.5, 0.6) is 0 Å². The lowest BCUT2D eigenvalue weighted by atomic mass is 9.99. The molecule has 2 fully saturated rings. The van der Waals surface area contributed by atoms with Crippen LogP contribution < -0.4 is 0 Å². The quantitative estimate of drug-likeness (QED) is 0.689. The van der Waals surface area contributed by atoms with E-state index in [0.29, 0.717) is 12.1 Å². The Morgan fingerprint density at radius 2 is 1.93 bits per heavy atom. The molecule has 3 atom stereocenters. The van der Waals surface area contributed by atoms with Crippen LogP contribution in [0.4, 0.5) is 0 Å². The summed E-state index contributed by atoms with van der Waals surface area (Å²) in [4.78, 5) is 2.35. The summed E-state index contributed by atoms with van der Waals surface area (Å²) in [7, 11) is 0. The van der Waals surface area contributed by atoms with Gasteiger partial charge in [-0.25, -0.2) is 0 Å². The molecule has 0 bridgehead atoms. The first-order valence-corrected chi connectivity index (χ1v) is 5.87. The third-order valence-electron chi connectivity index (χ3n) is 3.75. The molecule has 2 rings (SSSR count). The lowest BCUT2D eigenvalue weighted by Gasteiger charge is -2.40. The van der Waals surface area contributed by atoms with Crippen molar-refractivity contribution in [2.24, 2.45) is 0 Å². The van der Waals surface area contributed by atoms with Gasteiger partial charge in [-0.3, -0.25) is 4.90 Å². The molecule has 2 aliphatic rings. The summed E-state index contributed by atoms with van der Waals surface area (Å²) in [5, 5.41) is 19.1. The van der Waals surface area contributed by atoms with Crippen molar-refractivity contribution < 1.29 is 10.2 Å². The molecule has 3 unspecified atom stereocenters. The maximum atomic E-state index is 9.83. The van der Waals surface area contributed by atoms with Gasteiger partial charge in [-0.2, -0.15) is 0 Å². The smallest absolute Gasteiger partial charge is 0.0695 e. The van der Waals surface area contributed by atoms with Crippen LogP contribution in [-0.4, -0.2) is 46.5 Å². The molecule has 0 aromatic carbocycles. The maximum absolute atomic E-state index is 9.83. The molecule has 1 aliphatic carbocycles. The van der Waals surface area contributed by atoms with E-state index in [2.05, 4.69) is 4.90 Å². The van der Waals surface area contributed by atoms with E-state index in [1.807, 2.05) is 0 Å². The number of aliphatic hydroxyl groups excluding tert-OH is 2. The summed E-state index contributed by atoms with van der Waals surface area (Å²) in [6.07, 6.45) is 6.59. The van der Waals surface area contributed by atoms with Crippen LogP contribution in [0.1, 0.15) is 38.5 Å². The molecule has 0 aromatic heterocycles. The molecule has 82 valence electrons. The van der Waals surface area contributed by atoms with E-state index in [9.17, 15) is 10.2 Å². The second kappa shape index (κ2) is 4.60. The van der Waals surface area contributed by atoms with Gasteiger partial charge in [-0.15, -0.1) is 0 Å². The van der Waals surface area contributed by atoms with E-state index in [1.54, 1.807) is 0 Å². The zero-order valence-electron chi connectivity index (χ0n) is 8.73. The minimum Gasteiger partial charge on any atom is -0.395 e. The van der Waals surface area contributed by atoms with Gasteiger partial charge >= 0.3 is 0 Å². The zero-order valence-corrected chi connectivity index (χ0v) is 8.73. The Morgan fingerprint density at radius 3 is 2.57 bits per heavy atom. The molecule has 2 N–H and O–H groups in total. The minimum absolute atomic E-state index is 0.151. The van der Waals surface area contributed by atoms with E-state index < -0.39 is 0 Å². The number of hydrogen-bond acceptors (Lipinski definition) is 3. The van der Waals surface area contributed by atoms with Gasteiger partial charge in [0.25, 0.3) is 0 Å². The average molecular weight is 199 g/mol. The molecule has 1 aliphatic heterocycles. The van der Waals surface area contributed by atoms with Crippen molar-refractivity contribution in [3.63, 3.8) is 0 Å². The normalized spacial score (nSPS) is 40.3. The van der Waals surface area contributed by atoms with Crippen LogP contribution >= 0.6 is 0 Å². The Labute approximate surface area is 85.7 Å². The highest BCUT2D eigenvalue weighted by Gasteiger charge is 2.35. The number of hydrogen-bond donors (Lipinski definition) is 2. The molecule has 3 nitrogen and oxygen atoms in total. The second-order valence-electron chi connectivity index (χ2n) is 4.64. The van der Waals surface area contributed by atoms with Crippen molar-refractivity contribution >= 4 is 0 Å². The summed E-state index contributed by atoms with van der Waals surface area (Å²) in [6, 6.07) is 0.633. The van der Waals surface area contributed by atoms with E-state index in [0.717, 1.165) is 32.2 Å². The highest BCUT2D eigenvalue weighted by molar-refractivity contribution is 4.90. The SMILES string of the molecule is OCC1CCCCN1C1CCCC1O. The van der Waals surface area contributed by atoms with Crippen LogP contribution in [0.25, 0.3) is 0 Å². The van der Waals surface area contributed by atoms with Crippen molar-refractivity contribution in [1.29, 1.82) is 0 Å². The molecule has 0 spiro atoms. The molecule has 1 saturated carbocycles. The van der Waals surface area contributed by atoms with Crippen molar-refractivity contribution in [3.8, 4) is 0 Å². The summed E-state index contributed by atoms with van der Waals surface area (Å²) >= 11 is 0. The van der Waals surface area contributed by atoms with Crippen LogP contribution in [0.2, 0.25) is 0 Å². The van der Waals surface area contributed by atoms with Gasteiger partial charge in [0, 0.05) is 12.1 Å². The lowest BCUT2D eigenvalue weighted by molar-refractivity contribution is 0.00499. The fraction of sp³-hybridized carbons (Fsp3) is 1.00. The van der Waals surface area contributed by atoms with Crippen molar-refractivity contribution in [2.45, 2.75) is 56.7 Å². The molecular formula is C11H21NO2. The van der Waals surface area contributed by atoms with Crippen LogP contribution in [0.15, 0.2) is 0 Å². The molecule has 0 radical (unpaired) electrons. The first kappa shape index (κ1) is 10.4. The number of piperidine rings is 1. The maximum Gasteiger partial charge on any atom is 0.0695 e. The largest absolute Gasteiger partial charge is 0.395 e. The Balaban J connectivity index is 1.99. The van der Waals surface area contributed by atoms with E-state index in [1.165, 1.54) is 12.8 Å². The van der Waals surface area contributed by atoms with E-state index in [-0.39, 0.29) is 12.7 Å². The zero-order chi connectivity index (χ0) is 9.97. The summed E-state index contributed by atoms with van der Waals surface area (Å²) in [5.41, 5.74) is 0. The summed E-state index contributed by atoms with van der Waals surface area (Å²) < 4.78 is 0. The monoisotopic (exact) mass is 199 g/mol. The predicted octanol–water partition coefficient (Wildman–Crippen LogP) is 0.747. The van der Waals surface area contributed by atoms with Gasteiger partial charge in [-0.05, 0) is 38.6 Å². The molecule has 1 heterocycles. The number of aliphatic hydroxyl groups is 2. The predicted molar refractivity (Wildman–Crippen MR) is 55.1 cm³/mol. The van der Waals surface area contributed by atoms with Gasteiger partial charge in [-0.1, -0.05) is 6.42 Å². The average Bonchev–Trinajstić information content (AvgIpc) is 2.64. The van der Waals surface area contributed by atoms with E-state index >= 15 is 0 Å². The third kappa shape index (κ3) is 1.95. The van der Waals surface area contributed by atoms with Gasteiger partial charge in [0.15, 0.2) is 0 Å². The lowest BCUT2D eigenvalue weighted by Crippen LogP contribution is -2.50. The summed E-state index contributed by atoms with van der Waals surface area (Å²) in [5.74, 6) is 0. The van der Waals surface area contributed by atoms with Crippen molar-refractivity contribution in [1.82, 2.24) is 4.90 Å². The molecule has 0 aromatic rings. The van der Waals surface area contributed by atoms with Crippen LogP contribution in [0.3, 0.4) is 0 Å². The fourth-order valence-corrected chi connectivity index (χ4v) is 2.96. The fourth-order valence-electron chi connectivity index (χ4n) is 2.96. The van der Waals surface area contributed by atoms with Gasteiger partial charge in [0.05, 0.1) is 12.7 Å². The Morgan fingerprint density at radius 1 is 1.07 bits per heavy atom. The molecular weight excluding hydrogens is 178 g/mol. The first-order valence-electron chi connectivity index (χ1n) is 5.87. The number of nitrogens with zero attached hydrogens (tertiary/aromatic N) is 1. The Bertz CT molecular complexity index is 186. The number of rotatable bonds is 2. The van der Waals surface area contributed by atoms with Crippen molar-refractivity contribution in [2.75, 3.05) is 13.2 Å². The topological polar surface area (TPSA) is 43.7 Å². The van der Waals surface area contributed by atoms with Crippen LogP contribution in [0, 0.1) is 0 Å². The summed E-state index contributed by atoms with van der Waals surface area (Å²) in [6.45, 7) is 1.32. The van der Waals surface area contributed by atoms with Gasteiger partial charge < -0.3 is 10.2 Å². The number of likely N-dealkylation sites (tertiary alicyclic amines) is 1. The molecule has 14 heavy (non-hydrogen) atoms. The van der Waals surface area contributed by atoms with E-state index in [4.69, 9.17) is 0 Å². The van der Waals surface area contributed by atoms with Gasteiger partial charge in [0.2, 0.25) is 0 Å². The molecule has 1 saturated heterocycles. The first-order chi connectivity index (χ1) is 6.83. The third-order valence-corrected chi connectivity index (χ3v) is 3.75. The Hall–Kier alpha value is -0.120. The second-order valence-corrected chi connectivity index (χ2v) is 4.64. The highest BCUT2D eigenvalue weighted by atomic mass is 16.3. The van der Waals surface area contributed by atoms with Crippen LogP contribution in [-0.2, 0) is 0 Å².